The number of nitrogens with one attached hydrogen (secondary N) is 1. The van der Waals surface area contributed by atoms with Gasteiger partial charge in [0.15, 0.2) is 0 Å². The molecule has 3 aromatic rings. The van der Waals surface area contributed by atoms with Crippen molar-refractivity contribution in [2.24, 2.45) is 0 Å². The van der Waals surface area contributed by atoms with Crippen molar-refractivity contribution in [3.8, 4) is 11.1 Å². The van der Waals surface area contributed by atoms with Crippen LogP contribution in [0.4, 0.5) is 19.3 Å². The van der Waals surface area contributed by atoms with Crippen LogP contribution < -0.4 is 10.2 Å². The van der Waals surface area contributed by atoms with Crippen LogP contribution in [0.5, 0.6) is 0 Å². The van der Waals surface area contributed by atoms with Gasteiger partial charge in [0.2, 0.25) is 0 Å². The van der Waals surface area contributed by atoms with Gasteiger partial charge in [-0.2, -0.15) is 0 Å². The van der Waals surface area contributed by atoms with Gasteiger partial charge in [-0.15, -0.1) is 0 Å². The molecule has 0 saturated carbocycles. The summed E-state index contributed by atoms with van der Waals surface area (Å²) < 4.78 is 33.9. The standard InChI is InChI=1S/C26H25F2N3O3/c1-17(32)2-8-22-16-31(26(33)34-22)21-7-9-23(24(27)12-21)19-5-3-18(4-6-19)13-30-14-20-10-11-29-15-25(20)28/h3-7,9-12,15,22,30H,2,8,13-14,16H2,1H3/t22-/m0/s1. The molecule has 1 N–H and O–H groups in total. The minimum absolute atomic E-state index is 0.0364. The summed E-state index contributed by atoms with van der Waals surface area (Å²) in [6.45, 7) is 2.69. The second-order valence-electron chi connectivity index (χ2n) is 8.29. The van der Waals surface area contributed by atoms with Gasteiger partial charge in [0.25, 0.3) is 0 Å². The first kappa shape index (κ1) is 23.5. The number of aromatic nitrogens is 1. The summed E-state index contributed by atoms with van der Waals surface area (Å²) in [5, 5.41) is 3.18. The Kier molecular flexibility index (Phi) is 7.27. The van der Waals surface area contributed by atoms with Gasteiger partial charge in [-0.3, -0.25) is 9.88 Å². The van der Waals surface area contributed by atoms with Crippen LogP contribution in [-0.2, 0) is 22.6 Å². The molecule has 1 aliphatic heterocycles. The number of cyclic esters (lactones) is 1. The Bertz CT molecular complexity index is 1180. The molecule has 0 radical (unpaired) electrons. The maximum Gasteiger partial charge on any atom is 0.414 e. The molecule has 6 nitrogen and oxygen atoms in total. The lowest BCUT2D eigenvalue weighted by Gasteiger charge is -2.14. The zero-order valence-corrected chi connectivity index (χ0v) is 18.8. The Labute approximate surface area is 196 Å². The number of carbonyl (C=O) groups excluding carboxylic acids is 2. The zero-order chi connectivity index (χ0) is 24.1. The number of ether oxygens (including phenoxy) is 1. The van der Waals surface area contributed by atoms with Crippen molar-refractivity contribution in [1.82, 2.24) is 10.3 Å². The average Bonchev–Trinajstić information content (AvgIpc) is 3.20. The number of hydrogen-bond donors (Lipinski definition) is 1. The summed E-state index contributed by atoms with van der Waals surface area (Å²) in [7, 11) is 0. The molecule has 1 atom stereocenters. The smallest absolute Gasteiger partial charge is 0.414 e. The monoisotopic (exact) mass is 465 g/mol. The molecular formula is C26H25F2N3O3. The predicted octanol–water partition coefficient (Wildman–Crippen LogP) is 5.01. The van der Waals surface area contributed by atoms with E-state index < -0.39 is 11.9 Å². The van der Waals surface area contributed by atoms with Crippen molar-refractivity contribution in [2.75, 3.05) is 11.4 Å². The molecule has 0 bridgehead atoms. The molecule has 1 aliphatic rings. The van der Waals surface area contributed by atoms with Crippen LogP contribution in [-0.4, -0.2) is 29.5 Å². The minimum atomic E-state index is -0.538. The fraction of sp³-hybridized carbons (Fsp3) is 0.269. The van der Waals surface area contributed by atoms with E-state index in [1.807, 2.05) is 24.3 Å². The van der Waals surface area contributed by atoms with Crippen LogP contribution in [0.2, 0.25) is 0 Å². The zero-order valence-electron chi connectivity index (χ0n) is 18.8. The molecule has 0 aliphatic carbocycles. The molecular weight excluding hydrogens is 440 g/mol. The van der Waals surface area contributed by atoms with E-state index >= 15 is 0 Å². The molecule has 2 aromatic carbocycles. The summed E-state index contributed by atoms with van der Waals surface area (Å²) in [5.41, 5.74) is 3.06. The largest absolute Gasteiger partial charge is 0.444 e. The summed E-state index contributed by atoms with van der Waals surface area (Å²) in [6.07, 6.45) is 2.61. The highest BCUT2D eigenvalue weighted by Gasteiger charge is 2.32. The van der Waals surface area contributed by atoms with E-state index in [-0.39, 0.29) is 24.2 Å². The predicted molar refractivity (Wildman–Crippen MR) is 124 cm³/mol. The Balaban J connectivity index is 1.37. The third kappa shape index (κ3) is 5.63. The number of amides is 1. The molecule has 1 fully saturated rings. The van der Waals surface area contributed by atoms with Crippen molar-refractivity contribution >= 4 is 17.6 Å². The highest BCUT2D eigenvalue weighted by Crippen LogP contribution is 2.30. The second kappa shape index (κ2) is 10.5. The number of ketones is 1. The third-order valence-electron chi connectivity index (χ3n) is 5.72. The van der Waals surface area contributed by atoms with Gasteiger partial charge in [-0.1, -0.05) is 24.3 Å². The number of pyridine rings is 1. The normalized spacial score (nSPS) is 15.4. The summed E-state index contributed by atoms with van der Waals surface area (Å²) in [6, 6.07) is 13.7. The molecule has 176 valence electrons. The Morgan fingerprint density at radius 1 is 1.12 bits per heavy atom. The molecule has 1 saturated heterocycles. The minimum Gasteiger partial charge on any atom is -0.444 e. The molecule has 1 amide bonds. The van der Waals surface area contributed by atoms with Gasteiger partial charge >= 0.3 is 6.09 Å². The summed E-state index contributed by atoms with van der Waals surface area (Å²) in [4.78, 5) is 28.5. The lowest BCUT2D eigenvalue weighted by atomic mass is 10.0. The second-order valence-corrected chi connectivity index (χ2v) is 8.29. The molecule has 1 aromatic heterocycles. The number of benzene rings is 2. The van der Waals surface area contributed by atoms with Crippen molar-refractivity contribution in [3.05, 3.63) is 83.7 Å². The van der Waals surface area contributed by atoms with Crippen LogP contribution >= 0.6 is 0 Å². The van der Waals surface area contributed by atoms with E-state index in [4.69, 9.17) is 4.74 Å². The number of anilines is 1. The number of hydrogen-bond acceptors (Lipinski definition) is 5. The number of rotatable bonds is 9. The lowest BCUT2D eigenvalue weighted by Crippen LogP contribution is -2.24. The van der Waals surface area contributed by atoms with E-state index in [2.05, 4.69) is 10.3 Å². The summed E-state index contributed by atoms with van der Waals surface area (Å²) >= 11 is 0. The van der Waals surface area contributed by atoms with Crippen LogP contribution in [0.1, 0.15) is 30.9 Å². The maximum absolute atomic E-state index is 14.9. The number of nitrogens with zero attached hydrogens (tertiary/aromatic N) is 2. The Hall–Kier alpha value is -3.65. The Morgan fingerprint density at radius 3 is 2.62 bits per heavy atom. The van der Waals surface area contributed by atoms with E-state index in [1.54, 1.807) is 24.4 Å². The number of halogens is 2. The Morgan fingerprint density at radius 2 is 1.91 bits per heavy atom. The quantitative estimate of drug-likeness (QED) is 0.481. The van der Waals surface area contributed by atoms with Crippen LogP contribution in [0.15, 0.2) is 60.9 Å². The molecule has 0 spiro atoms. The highest BCUT2D eigenvalue weighted by molar-refractivity contribution is 5.90. The molecule has 2 heterocycles. The fourth-order valence-corrected chi connectivity index (χ4v) is 3.84. The van der Waals surface area contributed by atoms with Gasteiger partial charge in [-0.25, -0.2) is 13.6 Å². The average molecular weight is 466 g/mol. The number of carbonyl (C=O) groups is 2. The number of Topliss-reactive ketones (excluding diaryl/α,β-unsaturated/α-hetero) is 1. The highest BCUT2D eigenvalue weighted by atomic mass is 19.1. The van der Waals surface area contributed by atoms with E-state index in [9.17, 15) is 18.4 Å². The van der Waals surface area contributed by atoms with Gasteiger partial charge in [0.1, 0.15) is 23.5 Å². The van der Waals surface area contributed by atoms with Crippen molar-refractivity contribution < 1.29 is 23.1 Å². The maximum atomic E-state index is 14.9. The topological polar surface area (TPSA) is 71.5 Å². The molecule has 34 heavy (non-hydrogen) atoms. The molecule has 4 rings (SSSR count). The van der Waals surface area contributed by atoms with Crippen LogP contribution in [0, 0.1) is 11.6 Å². The van der Waals surface area contributed by atoms with E-state index in [0.29, 0.717) is 48.3 Å². The lowest BCUT2D eigenvalue weighted by molar-refractivity contribution is -0.117. The van der Waals surface area contributed by atoms with Crippen molar-refractivity contribution in [3.63, 3.8) is 0 Å². The fourth-order valence-electron chi connectivity index (χ4n) is 3.84. The van der Waals surface area contributed by atoms with Crippen LogP contribution in [0.3, 0.4) is 0 Å². The van der Waals surface area contributed by atoms with E-state index in [1.165, 1.54) is 24.1 Å². The van der Waals surface area contributed by atoms with E-state index in [0.717, 1.165) is 5.56 Å². The van der Waals surface area contributed by atoms with Gasteiger partial charge < -0.3 is 14.8 Å². The van der Waals surface area contributed by atoms with Crippen LogP contribution in [0.25, 0.3) is 11.1 Å². The van der Waals surface area contributed by atoms with Gasteiger partial charge in [0.05, 0.1) is 18.4 Å². The first-order valence-electron chi connectivity index (χ1n) is 11.1. The van der Waals surface area contributed by atoms with Gasteiger partial charge in [-0.05, 0) is 48.7 Å². The molecule has 0 unspecified atom stereocenters. The van der Waals surface area contributed by atoms with Crippen molar-refractivity contribution in [1.29, 1.82) is 0 Å². The van der Waals surface area contributed by atoms with Gasteiger partial charge in [0, 0.05) is 36.8 Å². The summed E-state index contributed by atoms with van der Waals surface area (Å²) in [5.74, 6) is -0.760. The molecule has 8 heteroatoms. The SMILES string of the molecule is CC(=O)CC[C@H]1CN(c2ccc(-c3ccc(CNCc4ccncc4F)cc3)c(F)c2)C(=O)O1. The first-order valence-corrected chi connectivity index (χ1v) is 11.1. The third-order valence-corrected chi connectivity index (χ3v) is 5.72. The van der Waals surface area contributed by atoms with Crippen molar-refractivity contribution in [2.45, 2.75) is 39.0 Å². The first-order chi connectivity index (χ1) is 16.4.